The molecule has 0 radical (unpaired) electrons. The topological polar surface area (TPSA) is 108 Å². The second-order valence-electron chi connectivity index (χ2n) is 7.57. The number of hydrogen-bond acceptors (Lipinski definition) is 4. The van der Waals surface area contributed by atoms with E-state index in [1.165, 1.54) is 13.8 Å². The number of hydrogen-bond donors (Lipinski definition) is 3. The zero-order chi connectivity index (χ0) is 22.4. The van der Waals surface area contributed by atoms with Crippen LogP contribution in [0.3, 0.4) is 0 Å². The summed E-state index contributed by atoms with van der Waals surface area (Å²) >= 11 is 0. The third kappa shape index (κ3) is 6.15. The lowest BCUT2D eigenvalue weighted by Crippen LogP contribution is -2.46. The van der Waals surface area contributed by atoms with Crippen molar-refractivity contribution in [1.82, 2.24) is 10.2 Å². The molecule has 1 aliphatic rings. The highest BCUT2D eigenvalue weighted by atomic mass is 16.2. The van der Waals surface area contributed by atoms with Gasteiger partial charge in [0.1, 0.15) is 0 Å². The van der Waals surface area contributed by atoms with Gasteiger partial charge >= 0.3 is 0 Å². The van der Waals surface area contributed by atoms with Crippen molar-refractivity contribution in [3.05, 3.63) is 59.7 Å². The van der Waals surface area contributed by atoms with Crippen LogP contribution in [0, 0.1) is 0 Å². The molecule has 2 aromatic carbocycles. The van der Waals surface area contributed by atoms with Gasteiger partial charge in [-0.2, -0.15) is 0 Å². The molecule has 0 atom stereocenters. The fourth-order valence-corrected chi connectivity index (χ4v) is 3.57. The summed E-state index contributed by atoms with van der Waals surface area (Å²) in [5, 5.41) is 8.33. The zero-order valence-electron chi connectivity index (χ0n) is 17.6. The zero-order valence-corrected chi connectivity index (χ0v) is 17.6. The molecule has 8 heteroatoms. The highest BCUT2D eigenvalue weighted by Crippen LogP contribution is 2.22. The lowest BCUT2D eigenvalue weighted by atomic mass is 10.0. The van der Waals surface area contributed by atoms with E-state index in [-0.39, 0.29) is 29.7 Å². The van der Waals surface area contributed by atoms with E-state index in [0.717, 1.165) is 0 Å². The summed E-state index contributed by atoms with van der Waals surface area (Å²) in [5.41, 5.74) is 1.86. The smallest absolute Gasteiger partial charge is 0.254 e. The molecule has 3 N–H and O–H groups in total. The summed E-state index contributed by atoms with van der Waals surface area (Å²) < 4.78 is 0. The molecule has 2 aromatic rings. The quantitative estimate of drug-likeness (QED) is 0.688. The van der Waals surface area contributed by atoms with Crippen molar-refractivity contribution in [3.8, 4) is 0 Å². The Bertz CT molecular complexity index is 948. The number of carbonyl (C=O) groups excluding carboxylic acids is 4. The summed E-state index contributed by atoms with van der Waals surface area (Å²) in [6, 6.07) is 13.8. The van der Waals surface area contributed by atoms with Crippen molar-refractivity contribution in [1.29, 1.82) is 0 Å². The van der Waals surface area contributed by atoms with Crippen LogP contribution in [-0.2, 0) is 9.59 Å². The van der Waals surface area contributed by atoms with E-state index in [0.29, 0.717) is 48.4 Å². The summed E-state index contributed by atoms with van der Waals surface area (Å²) in [6.45, 7) is 3.75. The van der Waals surface area contributed by atoms with E-state index in [4.69, 9.17) is 0 Å². The molecule has 0 bridgehead atoms. The van der Waals surface area contributed by atoms with Gasteiger partial charge in [-0.25, -0.2) is 0 Å². The van der Waals surface area contributed by atoms with Gasteiger partial charge in [-0.3, -0.25) is 19.2 Å². The Labute approximate surface area is 181 Å². The Balaban J connectivity index is 1.65. The monoisotopic (exact) mass is 422 g/mol. The molecule has 3 rings (SSSR count). The van der Waals surface area contributed by atoms with Crippen molar-refractivity contribution in [2.24, 2.45) is 0 Å². The van der Waals surface area contributed by atoms with E-state index < -0.39 is 0 Å². The van der Waals surface area contributed by atoms with E-state index in [9.17, 15) is 19.2 Å². The number of carbonyl (C=O) groups is 4. The molecule has 8 nitrogen and oxygen atoms in total. The number of likely N-dealkylation sites (tertiary alicyclic amines) is 1. The van der Waals surface area contributed by atoms with Gasteiger partial charge in [-0.1, -0.05) is 18.2 Å². The van der Waals surface area contributed by atoms with Crippen LogP contribution < -0.4 is 16.0 Å². The predicted molar refractivity (Wildman–Crippen MR) is 118 cm³/mol. The molecule has 1 saturated heterocycles. The Kier molecular flexibility index (Phi) is 7.02. The minimum absolute atomic E-state index is 0.00240. The average molecular weight is 422 g/mol. The Morgan fingerprint density at radius 2 is 1.35 bits per heavy atom. The molecule has 0 aromatic heterocycles. The van der Waals surface area contributed by atoms with Crippen molar-refractivity contribution in [2.45, 2.75) is 32.7 Å². The van der Waals surface area contributed by atoms with E-state index in [1.807, 2.05) is 18.2 Å². The van der Waals surface area contributed by atoms with Gasteiger partial charge in [-0.05, 0) is 43.2 Å². The Morgan fingerprint density at radius 3 is 1.87 bits per heavy atom. The van der Waals surface area contributed by atoms with Crippen LogP contribution in [0.2, 0.25) is 0 Å². The number of amides is 4. The highest BCUT2D eigenvalue weighted by Gasteiger charge is 2.25. The fourth-order valence-electron chi connectivity index (χ4n) is 3.57. The number of benzene rings is 2. The maximum Gasteiger partial charge on any atom is 0.254 e. The molecular weight excluding hydrogens is 396 g/mol. The van der Waals surface area contributed by atoms with E-state index in [1.54, 1.807) is 35.2 Å². The first kappa shape index (κ1) is 22.0. The van der Waals surface area contributed by atoms with Crippen LogP contribution in [0.5, 0.6) is 0 Å². The maximum absolute atomic E-state index is 13.0. The van der Waals surface area contributed by atoms with Crippen molar-refractivity contribution >= 4 is 35.0 Å². The van der Waals surface area contributed by atoms with Crippen LogP contribution in [-0.4, -0.2) is 47.7 Å². The molecule has 31 heavy (non-hydrogen) atoms. The summed E-state index contributed by atoms with van der Waals surface area (Å²) in [7, 11) is 0. The molecule has 4 amide bonds. The first-order valence-corrected chi connectivity index (χ1v) is 10.2. The Hall–Kier alpha value is -3.68. The van der Waals surface area contributed by atoms with Crippen LogP contribution in [0.15, 0.2) is 48.5 Å². The molecular formula is C23H26N4O4. The van der Waals surface area contributed by atoms with Gasteiger partial charge in [0.2, 0.25) is 11.8 Å². The minimum atomic E-state index is -0.270. The maximum atomic E-state index is 13.0. The lowest BCUT2D eigenvalue weighted by molar-refractivity contribution is -0.115. The third-order valence-corrected chi connectivity index (χ3v) is 4.97. The van der Waals surface area contributed by atoms with Crippen molar-refractivity contribution in [3.63, 3.8) is 0 Å². The first-order valence-electron chi connectivity index (χ1n) is 10.2. The van der Waals surface area contributed by atoms with Gasteiger partial charge in [0, 0.05) is 55.5 Å². The predicted octanol–water partition coefficient (Wildman–Crippen LogP) is 2.64. The average Bonchev–Trinajstić information content (AvgIpc) is 2.73. The number of nitrogens with zero attached hydrogens (tertiary/aromatic N) is 1. The van der Waals surface area contributed by atoms with Crippen LogP contribution in [0.25, 0.3) is 0 Å². The molecule has 0 aliphatic carbocycles. The van der Waals surface area contributed by atoms with Gasteiger partial charge in [-0.15, -0.1) is 0 Å². The van der Waals surface area contributed by atoms with Gasteiger partial charge in [0.05, 0.1) is 0 Å². The van der Waals surface area contributed by atoms with Crippen LogP contribution >= 0.6 is 0 Å². The lowest BCUT2D eigenvalue weighted by Gasteiger charge is -2.32. The van der Waals surface area contributed by atoms with Gasteiger partial charge in [0.15, 0.2) is 0 Å². The summed E-state index contributed by atoms with van der Waals surface area (Å²) in [5.74, 6) is -0.846. The SMILES string of the molecule is CC(=O)Nc1cc(NC(C)=O)cc(C(=O)N2CCC(NC(=O)c3ccccc3)CC2)c1. The molecule has 162 valence electrons. The second-order valence-corrected chi connectivity index (χ2v) is 7.57. The van der Waals surface area contributed by atoms with Gasteiger partial charge < -0.3 is 20.9 Å². The molecule has 1 aliphatic heterocycles. The molecule has 0 spiro atoms. The molecule has 1 fully saturated rings. The number of anilines is 2. The van der Waals surface area contributed by atoms with Crippen molar-refractivity contribution < 1.29 is 19.2 Å². The third-order valence-electron chi connectivity index (χ3n) is 4.97. The van der Waals surface area contributed by atoms with Crippen LogP contribution in [0.1, 0.15) is 47.4 Å². The molecule has 0 saturated carbocycles. The number of piperidine rings is 1. The molecule has 1 heterocycles. The summed E-state index contributed by atoms with van der Waals surface area (Å²) in [6.07, 6.45) is 1.29. The van der Waals surface area contributed by atoms with E-state index >= 15 is 0 Å². The number of rotatable bonds is 5. The standard InChI is InChI=1S/C23H26N4O4/c1-15(28)24-20-12-18(13-21(14-20)25-16(2)29)23(31)27-10-8-19(9-11-27)26-22(30)17-6-4-3-5-7-17/h3-7,12-14,19H,8-11H2,1-2H3,(H,24,28)(H,25,29)(H,26,30). The highest BCUT2D eigenvalue weighted by molar-refractivity contribution is 6.00. The Morgan fingerprint density at radius 1 is 0.806 bits per heavy atom. The van der Waals surface area contributed by atoms with Crippen molar-refractivity contribution in [2.75, 3.05) is 23.7 Å². The second kappa shape index (κ2) is 9.88. The van der Waals surface area contributed by atoms with Gasteiger partial charge in [0.25, 0.3) is 11.8 Å². The number of nitrogens with one attached hydrogen (secondary N) is 3. The first-order chi connectivity index (χ1) is 14.8. The minimum Gasteiger partial charge on any atom is -0.349 e. The largest absolute Gasteiger partial charge is 0.349 e. The normalized spacial score (nSPS) is 13.9. The summed E-state index contributed by atoms with van der Waals surface area (Å²) in [4.78, 5) is 50.0. The molecule has 0 unspecified atom stereocenters. The van der Waals surface area contributed by atoms with E-state index in [2.05, 4.69) is 16.0 Å². The van der Waals surface area contributed by atoms with Crippen LogP contribution in [0.4, 0.5) is 11.4 Å². The fraction of sp³-hybridized carbons (Fsp3) is 0.304.